The summed E-state index contributed by atoms with van der Waals surface area (Å²) in [4.78, 5) is 2.56. The van der Waals surface area contributed by atoms with E-state index < -0.39 is 5.41 Å². The Hall–Kier alpha value is -8.98. The van der Waals surface area contributed by atoms with Gasteiger partial charge < -0.3 is 9.47 Å². The molecule has 69 heavy (non-hydrogen) atoms. The molecule has 2 nitrogen and oxygen atoms in total. The Labute approximate surface area is 400 Å². The van der Waals surface area contributed by atoms with E-state index in [4.69, 9.17) is 0 Å². The second-order valence-electron chi connectivity index (χ2n) is 18.7. The Morgan fingerprint density at radius 2 is 0.725 bits per heavy atom. The van der Waals surface area contributed by atoms with Gasteiger partial charge in [0, 0.05) is 33.4 Å². The maximum atomic E-state index is 2.57. The molecule has 0 atom stereocenters. The molecule has 0 saturated heterocycles. The fourth-order valence-corrected chi connectivity index (χ4v) is 12.6. The third-order valence-corrected chi connectivity index (χ3v) is 15.4. The number of hydrogen-bond acceptors (Lipinski definition) is 1. The first-order valence-electron chi connectivity index (χ1n) is 24.0. The fraction of sp³-hybridized carbons (Fsp3) is 0.0149. The van der Waals surface area contributed by atoms with Crippen LogP contribution >= 0.6 is 0 Å². The summed E-state index contributed by atoms with van der Waals surface area (Å²) in [6, 6.07) is 95.2. The number of aromatic nitrogens is 1. The molecule has 2 aliphatic rings. The van der Waals surface area contributed by atoms with E-state index in [-0.39, 0.29) is 0 Å². The van der Waals surface area contributed by atoms with Crippen molar-refractivity contribution in [3.05, 3.63) is 277 Å². The minimum Gasteiger partial charge on any atom is -0.310 e. The summed E-state index contributed by atoms with van der Waals surface area (Å²) in [5.74, 6) is 0. The van der Waals surface area contributed by atoms with Crippen LogP contribution in [0.3, 0.4) is 0 Å². The van der Waals surface area contributed by atoms with E-state index in [0.29, 0.717) is 0 Å². The van der Waals surface area contributed by atoms with Crippen molar-refractivity contribution in [1.82, 2.24) is 4.57 Å². The predicted molar refractivity (Wildman–Crippen MR) is 290 cm³/mol. The van der Waals surface area contributed by atoms with Gasteiger partial charge in [-0.05, 0) is 143 Å². The van der Waals surface area contributed by atoms with E-state index in [0.717, 1.165) is 22.7 Å². The molecular weight excluding hydrogens is 833 g/mol. The van der Waals surface area contributed by atoms with Gasteiger partial charge >= 0.3 is 0 Å². The summed E-state index contributed by atoms with van der Waals surface area (Å²) in [5.41, 5.74) is 19.1. The van der Waals surface area contributed by atoms with E-state index in [9.17, 15) is 0 Å². The van der Waals surface area contributed by atoms with Crippen LogP contribution in [0.1, 0.15) is 22.3 Å². The molecule has 1 heterocycles. The lowest BCUT2D eigenvalue weighted by atomic mass is 9.70. The molecule has 12 aromatic carbocycles. The van der Waals surface area contributed by atoms with Gasteiger partial charge in [-0.3, -0.25) is 0 Å². The van der Waals surface area contributed by atoms with Crippen molar-refractivity contribution in [3.8, 4) is 39.1 Å². The molecule has 0 saturated carbocycles. The van der Waals surface area contributed by atoms with Gasteiger partial charge in [0.2, 0.25) is 0 Å². The number of nitrogens with zero attached hydrogens (tertiary/aromatic N) is 2. The Kier molecular flexibility index (Phi) is 8.02. The first kappa shape index (κ1) is 38.2. The van der Waals surface area contributed by atoms with Crippen LogP contribution in [-0.2, 0) is 5.41 Å². The highest BCUT2D eigenvalue weighted by Crippen LogP contribution is 2.64. The molecule has 1 aromatic heterocycles. The SMILES string of the molecule is c1ccc(-c2cc3c(cc2N(c2ccc4c5ccccc5c5ccccc5c4c2)c2ccc4c(c2)c2ccccc2n4-c2ccccc2)C2(c4ccccc4-c4ccccc42)c2ccccc2-3)cc1. The highest BCUT2D eigenvalue weighted by atomic mass is 15.1. The quantitative estimate of drug-likeness (QED) is 0.156. The van der Waals surface area contributed by atoms with Crippen molar-refractivity contribution in [2.45, 2.75) is 5.41 Å². The summed E-state index contributed by atoms with van der Waals surface area (Å²) in [7, 11) is 0. The summed E-state index contributed by atoms with van der Waals surface area (Å²) < 4.78 is 2.41. The summed E-state index contributed by atoms with van der Waals surface area (Å²) in [5, 5.41) is 9.97. The average Bonchev–Trinajstić information content (AvgIpc) is 4.03. The minimum absolute atomic E-state index is 0.514. The second kappa shape index (κ2) is 14.5. The van der Waals surface area contributed by atoms with Crippen molar-refractivity contribution in [1.29, 1.82) is 0 Å². The van der Waals surface area contributed by atoms with Gasteiger partial charge in [0.15, 0.2) is 0 Å². The molecule has 0 N–H and O–H groups in total. The van der Waals surface area contributed by atoms with Crippen LogP contribution in [0.5, 0.6) is 0 Å². The normalized spacial score (nSPS) is 13.0. The molecule has 0 radical (unpaired) electrons. The maximum Gasteiger partial charge on any atom is 0.0726 e. The summed E-state index contributed by atoms with van der Waals surface area (Å²) in [6.07, 6.45) is 0. The fourth-order valence-electron chi connectivity index (χ4n) is 12.6. The van der Waals surface area contributed by atoms with Gasteiger partial charge in [0.05, 0.1) is 22.1 Å². The molecule has 0 aliphatic heterocycles. The Bertz CT molecular complexity index is 4170. The topological polar surface area (TPSA) is 8.17 Å². The first-order chi connectivity index (χ1) is 34.3. The zero-order valence-electron chi connectivity index (χ0n) is 37.6. The van der Waals surface area contributed by atoms with Crippen LogP contribution in [0.25, 0.3) is 93.2 Å². The molecule has 0 unspecified atom stereocenters. The summed E-state index contributed by atoms with van der Waals surface area (Å²) >= 11 is 0. The van der Waals surface area contributed by atoms with Crippen molar-refractivity contribution in [2.24, 2.45) is 0 Å². The van der Waals surface area contributed by atoms with E-state index in [1.807, 2.05) is 0 Å². The molecular formula is C67H42N2. The highest BCUT2D eigenvalue weighted by Gasteiger charge is 2.52. The molecule has 0 amide bonds. The van der Waals surface area contributed by atoms with Gasteiger partial charge in [-0.2, -0.15) is 0 Å². The van der Waals surface area contributed by atoms with Gasteiger partial charge in [-0.1, -0.05) is 194 Å². The first-order valence-corrected chi connectivity index (χ1v) is 24.0. The average molecular weight is 875 g/mol. The third-order valence-electron chi connectivity index (χ3n) is 15.4. The van der Waals surface area contributed by atoms with Gasteiger partial charge in [0.25, 0.3) is 0 Å². The zero-order chi connectivity index (χ0) is 45.2. The summed E-state index contributed by atoms with van der Waals surface area (Å²) in [6.45, 7) is 0. The molecule has 1 spiro atoms. The monoisotopic (exact) mass is 874 g/mol. The zero-order valence-corrected chi connectivity index (χ0v) is 37.6. The lowest BCUT2D eigenvalue weighted by Crippen LogP contribution is -2.26. The minimum atomic E-state index is -0.514. The van der Waals surface area contributed by atoms with Crippen LogP contribution in [0.15, 0.2) is 255 Å². The van der Waals surface area contributed by atoms with Crippen LogP contribution in [0.4, 0.5) is 17.1 Å². The van der Waals surface area contributed by atoms with Gasteiger partial charge in [-0.15, -0.1) is 0 Å². The van der Waals surface area contributed by atoms with Crippen LogP contribution < -0.4 is 4.90 Å². The molecule has 13 aromatic rings. The van der Waals surface area contributed by atoms with Crippen molar-refractivity contribution < 1.29 is 0 Å². The number of hydrogen-bond donors (Lipinski definition) is 0. The molecule has 15 rings (SSSR count). The molecule has 2 aliphatic carbocycles. The van der Waals surface area contributed by atoms with Crippen LogP contribution in [0, 0.1) is 0 Å². The largest absolute Gasteiger partial charge is 0.310 e. The van der Waals surface area contributed by atoms with Crippen molar-refractivity contribution in [3.63, 3.8) is 0 Å². The van der Waals surface area contributed by atoms with E-state index in [2.05, 4.69) is 264 Å². The lowest BCUT2D eigenvalue weighted by Gasteiger charge is -2.33. The lowest BCUT2D eigenvalue weighted by molar-refractivity contribution is 0.794. The number of benzene rings is 12. The van der Waals surface area contributed by atoms with E-state index in [1.54, 1.807) is 0 Å². The third kappa shape index (κ3) is 5.26. The predicted octanol–water partition coefficient (Wildman–Crippen LogP) is 17.7. The Morgan fingerprint density at radius 1 is 0.275 bits per heavy atom. The molecule has 0 fully saturated rings. The standard InChI is InChI=1S/C67H42N2/c1-3-19-43(20-4-1)56-41-58-54-29-13-17-33-62(54)67(60-31-15-11-27-52(60)53-28-12-16-32-61(53)67)63(58)42-66(56)68(45-35-37-51-49-25-8-7-23-47(49)48-24-9-10-26-50(48)57(51)39-45)46-36-38-65-59(40-46)55-30-14-18-34-64(55)69(65)44-21-5-2-6-22-44/h1-42H. The van der Waals surface area contributed by atoms with E-state index >= 15 is 0 Å². The van der Waals surface area contributed by atoms with Crippen molar-refractivity contribution >= 4 is 71.2 Å². The Balaban J connectivity index is 1.08. The molecule has 2 heteroatoms. The van der Waals surface area contributed by atoms with E-state index in [1.165, 1.54) is 110 Å². The van der Waals surface area contributed by atoms with Crippen LogP contribution in [-0.4, -0.2) is 4.57 Å². The maximum absolute atomic E-state index is 2.57. The van der Waals surface area contributed by atoms with Crippen LogP contribution in [0.2, 0.25) is 0 Å². The smallest absolute Gasteiger partial charge is 0.0726 e. The number of para-hydroxylation sites is 2. The highest BCUT2D eigenvalue weighted by molar-refractivity contribution is 6.26. The molecule has 320 valence electrons. The van der Waals surface area contributed by atoms with Gasteiger partial charge in [0.1, 0.15) is 0 Å². The number of anilines is 3. The number of rotatable bonds is 5. The Morgan fingerprint density at radius 3 is 1.35 bits per heavy atom. The van der Waals surface area contributed by atoms with Gasteiger partial charge in [-0.25, -0.2) is 0 Å². The number of fused-ring (bicyclic) bond motifs is 19. The second-order valence-corrected chi connectivity index (χ2v) is 18.7. The molecule has 0 bridgehead atoms. The van der Waals surface area contributed by atoms with Crippen molar-refractivity contribution in [2.75, 3.05) is 4.90 Å².